The van der Waals surface area contributed by atoms with Gasteiger partial charge in [-0.2, -0.15) is 0 Å². The fraction of sp³-hybridized carbons (Fsp3) is 0.273. The van der Waals surface area contributed by atoms with Gasteiger partial charge < -0.3 is 14.8 Å². The molecule has 1 aliphatic rings. The predicted octanol–water partition coefficient (Wildman–Crippen LogP) is 4.75. The van der Waals surface area contributed by atoms with Gasteiger partial charge in [-0.1, -0.05) is 35.8 Å². The lowest BCUT2D eigenvalue weighted by Crippen LogP contribution is -2.33. The van der Waals surface area contributed by atoms with Gasteiger partial charge in [0.05, 0.1) is 7.11 Å². The van der Waals surface area contributed by atoms with Gasteiger partial charge in [-0.3, -0.25) is 9.69 Å². The topological polar surface area (TPSA) is 50.8 Å². The van der Waals surface area contributed by atoms with Crippen molar-refractivity contribution in [3.05, 3.63) is 63.8 Å². The molecule has 2 aromatic rings. The molecule has 0 bridgehead atoms. The lowest BCUT2D eigenvalue weighted by Gasteiger charge is -2.16. The Balaban J connectivity index is 1.79. The first kappa shape index (κ1) is 21.3. The third-order valence-corrected chi connectivity index (χ3v) is 5.18. The van der Waals surface area contributed by atoms with Crippen LogP contribution in [0.25, 0.3) is 6.08 Å². The minimum absolute atomic E-state index is 0.104. The number of rotatable bonds is 7. The van der Waals surface area contributed by atoms with E-state index in [0.29, 0.717) is 29.9 Å². The monoisotopic (exact) mass is 474 g/mol. The summed E-state index contributed by atoms with van der Waals surface area (Å²) in [6.45, 7) is 5.05. The molecule has 0 atom stereocenters. The summed E-state index contributed by atoms with van der Waals surface area (Å²) < 4.78 is 12.3. The Morgan fingerprint density at radius 1 is 1.21 bits per heavy atom. The molecule has 7 heteroatoms. The van der Waals surface area contributed by atoms with Gasteiger partial charge >= 0.3 is 0 Å². The Kier molecular flexibility index (Phi) is 6.92. The summed E-state index contributed by atoms with van der Waals surface area (Å²) in [5.41, 5.74) is 2.22. The Morgan fingerprint density at radius 3 is 2.59 bits per heavy atom. The highest BCUT2D eigenvalue weighted by Crippen LogP contribution is 2.25. The van der Waals surface area contributed by atoms with Crippen LogP contribution in [0.2, 0.25) is 0 Å². The van der Waals surface area contributed by atoms with Crippen molar-refractivity contribution in [3.63, 3.8) is 0 Å². The second-order valence-corrected chi connectivity index (χ2v) is 8.41. The van der Waals surface area contributed by atoms with Crippen LogP contribution in [0.4, 0.5) is 0 Å². The molecule has 152 valence electrons. The third-order valence-electron chi connectivity index (χ3n) is 4.33. The zero-order valence-electron chi connectivity index (χ0n) is 16.6. The second kappa shape index (κ2) is 9.41. The Morgan fingerprint density at radius 2 is 1.93 bits per heavy atom. The Bertz CT molecular complexity index is 942. The van der Waals surface area contributed by atoms with Crippen molar-refractivity contribution in [1.29, 1.82) is 0 Å². The van der Waals surface area contributed by atoms with Crippen molar-refractivity contribution in [1.82, 2.24) is 10.2 Å². The molecule has 5 nitrogen and oxygen atoms in total. The number of carbonyl (C=O) groups is 1. The zero-order valence-corrected chi connectivity index (χ0v) is 19.0. The number of ether oxygens (including phenoxy) is 2. The predicted molar refractivity (Wildman–Crippen MR) is 122 cm³/mol. The molecule has 1 amide bonds. The van der Waals surface area contributed by atoms with Crippen molar-refractivity contribution in [2.45, 2.75) is 20.5 Å². The highest BCUT2D eigenvalue weighted by atomic mass is 79.9. The molecular formula is C22H23BrN2O3S. The van der Waals surface area contributed by atoms with Gasteiger partial charge in [0.1, 0.15) is 23.8 Å². The van der Waals surface area contributed by atoms with Crippen molar-refractivity contribution in [2.24, 2.45) is 5.92 Å². The van der Waals surface area contributed by atoms with Gasteiger partial charge in [0.15, 0.2) is 5.11 Å². The van der Waals surface area contributed by atoms with E-state index < -0.39 is 0 Å². The number of halogens is 1. The van der Waals surface area contributed by atoms with Crippen LogP contribution in [0.1, 0.15) is 25.0 Å². The van der Waals surface area contributed by atoms with E-state index in [4.69, 9.17) is 21.7 Å². The number of carbonyl (C=O) groups excluding carboxylic acids is 1. The van der Waals surface area contributed by atoms with Crippen LogP contribution in [-0.4, -0.2) is 29.6 Å². The molecule has 1 N–H and O–H groups in total. The number of hydrogen-bond acceptors (Lipinski definition) is 4. The summed E-state index contributed by atoms with van der Waals surface area (Å²) in [5, 5.41) is 3.47. The van der Waals surface area contributed by atoms with Gasteiger partial charge in [0, 0.05) is 16.6 Å². The first-order valence-electron chi connectivity index (χ1n) is 9.27. The van der Waals surface area contributed by atoms with E-state index in [1.807, 2.05) is 42.5 Å². The molecule has 0 radical (unpaired) electrons. The van der Waals surface area contributed by atoms with Crippen LogP contribution in [-0.2, 0) is 11.4 Å². The van der Waals surface area contributed by atoms with E-state index in [9.17, 15) is 4.79 Å². The molecule has 1 heterocycles. The molecule has 1 saturated heterocycles. The molecule has 2 aromatic carbocycles. The number of hydrogen-bond donors (Lipinski definition) is 1. The number of thiocarbonyl (C=S) groups is 1. The molecule has 0 spiro atoms. The maximum Gasteiger partial charge on any atom is 0.276 e. The van der Waals surface area contributed by atoms with Crippen LogP contribution in [0, 0.1) is 5.92 Å². The summed E-state index contributed by atoms with van der Waals surface area (Å²) in [4.78, 5) is 14.3. The first-order valence-corrected chi connectivity index (χ1v) is 10.5. The lowest BCUT2D eigenvalue weighted by molar-refractivity contribution is -0.122. The van der Waals surface area contributed by atoms with E-state index in [1.165, 1.54) is 0 Å². The van der Waals surface area contributed by atoms with Crippen molar-refractivity contribution in [3.8, 4) is 11.5 Å². The van der Waals surface area contributed by atoms with Gasteiger partial charge in [-0.05, 0) is 66.2 Å². The SMILES string of the molecule is COc1ccc(/C=C2/NC(=S)N(CC(C)C)C2=O)cc1COc1ccc(Br)cc1. The number of benzene rings is 2. The van der Waals surface area contributed by atoms with E-state index in [2.05, 4.69) is 35.1 Å². The van der Waals surface area contributed by atoms with Crippen molar-refractivity contribution >= 4 is 45.2 Å². The van der Waals surface area contributed by atoms with E-state index in [1.54, 1.807) is 18.1 Å². The van der Waals surface area contributed by atoms with Crippen molar-refractivity contribution < 1.29 is 14.3 Å². The highest BCUT2D eigenvalue weighted by Gasteiger charge is 2.30. The van der Waals surface area contributed by atoms with Gasteiger partial charge in [-0.15, -0.1) is 0 Å². The molecule has 1 fully saturated rings. The average molecular weight is 475 g/mol. The van der Waals surface area contributed by atoms with Crippen LogP contribution >= 0.6 is 28.1 Å². The fourth-order valence-electron chi connectivity index (χ4n) is 2.96. The Hall–Kier alpha value is -2.38. The largest absolute Gasteiger partial charge is 0.496 e. The van der Waals surface area contributed by atoms with Gasteiger partial charge in [-0.25, -0.2) is 0 Å². The highest BCUT2D eigenvalue weighted by molar-refractivity contribution is 9.10. The number of amides is 1. The summed E-state index contributed by atoms with van der Waals surface area (Å²) >= 11 is 8.72. The standard InChI is InChI=1S/C22H23BrN2O3S/c1-14(2)12-25-21(26)19(24-22(25)29)11-15-4-9-20(27-3)16(10-15)13-28-18-7-5-17(23)6-8-18/h4-11,14H,12-13H2,1-3H3,(H,24,29)/b19-11+. The van der Waals surface area contributed by atoms with E-state index in [0.717, 1.165) is 27.1 Å². The molecule has 29 heavy (non-hydrogen) atoms. The van der Waals surface area contributed by atoms with Crippen LogP contribution in [0.15, 0.2) is 52.6 Å². The molecule has 0 saturated carbocycles. The van der Waals surface area contributed by atoms with E-state index in [-0.39, 0.29) is 5.91 Å². The summed E-state index contributed by atoms with van der Waals surface area (Å²) in [6, 6.07) is 13.4. The number of methoxy groups -OCH3 is 1. The maximum atomic E-state index is 12.7. The van der Waals surface area contributed by atoms with Crippen molar-refractivity contribution in [2.75, 3.05) is 13.7 Å². The zero-order chi connectivity index (χ0) is 21.0. The molecule has 0 unspecified atom stereocenters. The van der Waals surface area contributed by atoms with E-state index >= 15 is 0 Å². The lowest BCUT2D eigenvalue weighted by atomic mass is 10.1. The fourth-order valence-corrected chi connectivity index (χ4v) is 3.49. The van der Waals surface area contributed by atoms with Gasteiger partial charge in [0.25, 0.3) is 5.91 Å². The second-order valence-electron chi connectivity index (χ2n) is 7.11. The number of nitrogens with zero attached hydrogens (tertiary/aromatic N) is 1. The van der Waals surface area contributed by atoms with Gasteiger partial charge in [0.2, 0.25) is 0 Å². The minimum Gasteiger partial charge on any atom is -0.496 e. The smallest absolute Gasteiger partial charge is 0.276 e. The van der Waals surface area contributed by atoms with Crippen LogP contribution in [0.5, 0.6) is 11.5 Å². The molecule has 3 rings (SSSR count). The minimum atomic E-state index is -0.104. The normalized spacial score (nSPS) is 15.2. The maximum absolute atomic E-state index is 12.7. The first-order chi connectivity index (χ1) is 13.9. The third kappa shape index (κ3) is 5.36. The molecule has 0 aliphatic carbocycles. The summed E-state index contributed by atoms with van der Waals surface area (Å²) in [5.74, 6) is 1.72. The molecule has 1 aliphatic heterocycles. The van der Waals surface area contributed by atoms with Crippen LogP contribution < -0.4 is 14.8 Å². The molecule has 0 aromatic heterocycles. The number of nitrogens with one attached hydrogen (secondary N) is 1. The quantitative estimate of drug-likeness (QED) is 0.463. The summed E-state index contributed by atoms with van der Waals surface area (Å²) in [7, 11) is 1.63. The molecular weight excluding hydrogens is 452 g/mol. The Labute approximate surface area is 184 Å². The average Bonchev–Trinajstić information content (AvgIpc) is 2.94. The summed E-state index contributed by atoms with van der Waals surface area (Å²) in [6.07, 6.45) is 1.80. The van der Waals surface area contributed by atoms with Crippen LogP contribution in [0.3, 0.4) is 0 Å².